The van der Waals surface area contributed by atoms with Crippen LogP contribution in [0.5, 0.6) is 0 Å². The van der Waals surface area contributed by atoms with Gasteiger partial charge in [-0.25, -0.2) is 4.39 Å². The quantitative estimate of drug-likeness (QED) is 0.910. The highest BCUT2D eigenvalue weighted by molar-refractivity contribution is 6.31. The smallest absolute Gasteiger partial charge is 0.125 e. The van der Waals surface area contributed by atoms with Crippen molar-refractivity contribution in [2.75, 3.05) is 11.4 Å². The first-order valence-corrected chi connectivity index (χ1v) is 6.46. The maximum Gasteiger partial charge on any atom is 0.125 e. The second-order valence-corrected chi connectivity index (χ2v) is 4.57. The van der Waals surface area contributed by atoms with Crippen molar-refractivity contribution in [1.29, 1.82) is 0 Å². The molecule has 2 nitrogen and oxygen atoms in total. The number of aliphatic hydroxyl groups excluding tert-OH is 1. The van der Waals surface area contributed by atoms with Gasteiger partial charge in [-0.2, -0.15) is 0 Å². The summed E-state index contributed by atoms with van der Waals surface area (Å²) in [4.78, 5) is 1.95. The molecule has 2 aromatic carbocycles. The Hall–Kier alpha value is -1.58. The van der Waals surface area contributed by atoms with Gasteiger partial charge in [0.1, 0.15) is 5.82 Å². The maximum absolute atomic E-state index is 13.3. The SMILES string of the molecule is CCN(c1cccc(F)c1)c1ccc(CO)c(Cl)c1. The van der Waals surface area contributed by atoms with Crippen LogP contribution in [0.2, 0.25) is 5.02 Å². The van der Waals surface area contributed by atoms with E-state index in [1.165, 1.54) is 12.1 Å². The molecule has 2 aromatic rings. The van der Waals surface area contributed by atoms with E-state index in [1.54, 1.807) is 18.2 Å². The summed E-state index contributed by atoms with van der Waals surface area (Å²) in [5.41, 5.74) is 2.33. The Morgan fingerprint density at radius 3 is 2.47 bits per heavy atom. The Labute approximate surface area is 117 Å². The molecule has 0 spiro atoms. The molecule has 1 N–H and O–H groups in total. The second kappa shape index (κ2) is 6.04. The first kappa shape index (κ1) is 13.8. The third kappa shape index (κ3) is 3.06. The lowest BCUT2D eigenvalue weighted by atomic mass is 10.2. The Kier molecular flexibility index (Phi) is 4.40. The van der Waals surface area contributed by atoms with Crippen molar-refractivity contribution in [1.82, 2.24) is 0 Å². The fraction of sp³-hybridized carbons (Fsp3) is 0.200. The molecular formula is C15H15ClFNO. The molecule has 0 fully saturated rings. The lowest BCUT2D eigenvalue weighted by Gasteiger charge is -2.24. The van der Waals surface area contributed by atoms with Gasteiger partial charge in [0.25, 0.3) is 0 Å². The average molecular weight is 280 g/mol. The molecule has 0 saturated heterocycles. The van der Waals surface area contributed by atoms with E-state index in [-0.39, 0.29) is 12.4 Å². The van der Waals surface area contributed by atoms with Crippen molar-refractivity contribution >= 4 is 23.0 Å². The molecule has 0 saturated carbocycles. The summed E-state index contributed by atoms with van der Waals surface area (Å²) in [7, 11) is 0. The highest BCUT2D eigenvalue weighted by atomic mass is 35.5. The minimum Gasteiger partial charge on any atom is -0.392 e. The molecule has 0 bridgehead atoms. The van der Waals surface area contributed by atoms with Crippen molar-refractivity contribution in [2.24, 2.45) is 0 Å². The molecule has 19 heavy (non-hydrogen) atoms. The van der Waals surface area contributed by atoms with Crippen LogP contribution >= 0.6 is 11.6 Å². The van der Waals surface area contributed by atoms with Crippen LogP contribution in [0.4, 0.5) is 15.8 Å². The Bertz CT molecular complexity index is 574. The van der Waals surface area contributed by atoms with Crippen LogP contribution in [0.1, 0.15) is 12.5 Å². The molecule has 100 valence electrons. The molecule has 0 aliphatic carbocycles. The van der Waals surface area contributed by atoms with Crippen LogP contribution in [0, 0.1) is 5.82 Å². The van der Waals surface area contributed by atoms with Crippen molar-refractivity contribution in [2.45, 2.75) is 13.5 Å². The summed E-state index contributed by atoms with van der Waals surface area (Å²) in [6.45, 7) is 2.59. The zero-order valence-corrected chi connectivity index (χ0v) is 11.4. The maximum atomic E-state index is 13.3. The van der Waals surface area contributed by atoms with E-state index >= 15 is 0 Å². The van der Waals surface area contributed by atoms with E-state index in [0.29, 0.717) is 17.1 Å². The van der Waals surface area contributed by atoms with Gasteiger partial charge in [-0.1, -0.05) is 23.7 Å². The molecule has 0 unspecified atom stereocenters. The number of hydrogen-bond donors (Lipinski definition) is 1. The molecule has 0 heterocycles. The summed E-state index contributed by atoms with van der Waals surface area (Å²) in [5.74, 6) is -0.269. The highest BCUT2D eigenvalue weighted by Crippen LogP contribution is 2.29. The van der Waals surface area contributed by atoms with Crippen molar-refractivity contribution in [3.05, 3.63) is 58.9 Å². The number of nitrogens with zero attached hydrogens (tertiary/aromatic N) is 1. The minimum atomic E-state index is -0.269. The van der Waals surface area contributed by atoms with E-state index in [2.05, 4.69) is 0 Å². The van der Waals surface area contributed by atoms with Gasteiger partial charge in [0.15, 0.2) is 0 Å². The summed E-state index contributed by atoms with van der Waals surface area (Å²) >= 11 is 6.09. The van der Waals surface area contributed by atoms with Crippen LogP contribution < -0.4 is 4.90 Å². The zero-order chi connectivity index (χ0) is 13.8. The molecule has 0 amide bonds. The number of aliphatic hydroxyl groups is 1. The van der Waals surface area contributed by atoms with Crippen LogP contribution in [-0.2, 0) is 6.61 Å². The van der Waals surface area contributed by atoms with E-state index < -0.39 is 0 Å². The highest BCUT2D eigenvalue weighted by Gasteiger charge is 2.10. The monoisotopic (exact) mass is 279 g/mol. The van der Waals surface area contributed by atoms with Gasteiger partial charge in [0, 0.05) is 22.9 Å². The fourth-order valence-corrected chi connectivity index (χ4v) is 2.23. The predicted octanol–water partition coefficient (Wildman–Crippen LogP) is 4.13. The molecule has 2 rings (SSSR count). The lowest BCUT2D eigenvalue weighted by molar-refractivity contribution is 0.282. The molecular weight excluding hydrogens is 265 g/mol. The lowest BCUT2D eigenvalue weighted by Crippen LogP contribution is -2.16. The minimum absolute atomic E-state index is 0.0921. The Morgan fingerprint density at radius 2 is 1.89 bits per heavy atom. The van der Waals surface area contributed by atoms with Gasteiger partial charge in [-0.05, 0) is 42.8 Å². The third-order valence-electron chi connectivity index (χ3n) is 2.95. The third-order valence-corrected chi connectivity index (χ3v) is 3.31. The normalized spacial score (nSPS) is 10.5. The first-order valence-electron chi connectivity index (χ1n) is 6.08. The van der Waals surface area contributed by atoms with Gasteiger partial charge in [-0.3, -0.25) is 0 Å². The van der Waals surface area contributed by atoms with Gasteiger partial charge < -0.3 is 10.0 Å². The Morgan fingerprint density at radius 1 is 1.16 bits per heavy atom. The summed E-state index contributed by atoms with van der Waals surface area (Å²) in [5, 5.41) is 9.62. The van der Waals surface area contributed by atoms with Crippen LogP contribution in [0.25, 0.3) is 0 Å². The summed E-state index contributed by atoms with van der Waals surface area (Å²) in [6.07, 6.45) is 0. The number of halogens is 2. The van der Waals surface area contributed by atoms with E-state index in [4.69, 9.17) is 16.7 Å². The average Bonchev–Trinajstić information content (AvgIpc) is 2.40. The predicted molar refractivity (Wildman–Crippen MR) is 76.5 cm³/mol. The van der Waals surface area contributed by atoms with Crippen LogP contribution in [0.3, 0.4) is 0 Å². The van der Waals surface area contributed by atoms with Crippen molar-refractivity contribution < 1.29 is 9.50 Å². The standard InChI is InChI=1S/C15H15ClFNO/c1-2-18(13-5-3-4-12(17)8-13)14-7-6-11(10-19)15(16)9-14/h3-9,19H,2,10H2,1H3. The van der Waals surface area contributed by atoms with Gasteiger partial charge in [0.2, 0.25) is 0 Å². The Balaban J connectivity index is 2.39. The van der Waals surface area contributed by atoms with E-state index in [1.807, 2.05) is 24.0 Å². The van der Waals surface area contributed by atoms with Gasteiger partial charge >= 0.3 is 0 Å². The zero-order valence-electron chi connectivity index (χ0n) is 10.6. The number of hydrogen-bond acceptors (Lipinski definition) is 2. The molecule has 0 atom stereocenters. The molecule has 0 radical (unpaired) electrons. The molecule has 0 aliphatic heterocycles. The second-order valence-electron chi connectivity index (χ2n) is 4.16. The van der Waals surface area contributed by atoms with Gasteiger partial charge in [-0.15, -0.1) is 0 Å². The van der Waals surface area contributed by atoms with Crippen LogP contribution in [0.15, 0.2) is 42.5 Å². The van der Waals surface area contributed by atoms with Gasteiger partial charge in [0.05, 0.1) is 6.61 Å². The topological polar surface area (TPSA) is 23.5 Å². The first-order chi connectivity index (χ1) is 9.15. The van der Waals surface area contributed by atoms with E-state index in [0.717, 1.165) is 11.4 Å². The summed E-state index contributed by atoms with van der Waals surface area (Å²) < 4.78 is 13.3. The largest absolute Gasteiger partial charge is 0.392 e. The number of benzene rings is 2. The summed E-state index contributed by atoms with van der Waals surface area (Å²) in [6, 6.07) is 11.8. The number of rotatable bonds is 4. The van der Waals surface area contributed by atoms with Crippen molar-refractivity contribution in [3.8, 4) is 0 Å². The fourth-order valence-electron chi connectivity index (χ4n) is 1.99. The molecule has 4 heteroatoms. The molecule has 0 aliphatic rings. The van der Waals surface area contributed by atoms with E-state index in [9.17, 15) is 4.39 Å². The van der Waals surface area contributed by atoms with Crippen molar-refractivity contribution in [3.63, 3.8) is 0 Å². The molecule has 0 aromatic heterocycles. The van der Waals surface area contributed by atoms with Crippen LogP contribution in [-0.4, -0.2) is 11.7 Å². The number of anilines is 2.